The maximum Gasteiger partial charge on any atom is 0.328 e. The van der Waals surface area contributed by atoms with Crippen molar-refractivity contribution in [3.8, 4) is 17.5 Å². The first-order valence-electron chi connectivity index (χ1n) is 6.26. The lowest BCUT2D eigenvalue weighted by Gasteiger charge is -2.13. The van der Waals surface area contributed by atoms with E-state index in [2.05, 4.69) is 20.4 Å². The molecule has 8 nitrogen and oxygen atoms in total. The van der Waals surface area contributed by atoms with E-state index < -0.39 is 0 Å². The number of benzene rings is 1. The van der Waals surface area contributed by atoms with Crippen molar-refractivity contribution in [2.24, 2.45) is 5.84 Å². The molecule has 0 atom stereocenters. The van der Waals surface area contributed by atoms with Gasteiger partial charge in [0.2, 0.25) is 11.9 Å². The zero-order valence-corrected chi connectivity index (χ0v) is 12.4. The largest absolute Gasteiger partial charge is 0.493 e. The monoisotopic (exact) mass is 290 g/mol. The van der Waals surface area contributed by atoms with Crippen LogP contribution in [0.25, 0.3) is 0 Å². The van der Waals surface area contributed by atoms with Gasteiger partial charge in [-0.15, -0.1) is 0 Å². The maximum atomic E-state index is 5.68. The molecule has 2 aromatic rings. The van der Waals surface area contributed by atoms with E-state index in [0.29, 0.717) is 17.4 Å². The highest BCUT2D eigenvalue weighted by Gasteiger charge is 2.12. The van der Waals surface area contributed by atoms with Crippen molar-refractivity contribution in [3.63, 3.8) is 0 Å². The first-order valence-corrected chi connectivity index (χ1v) is 6.26. The van der Waals surface area contributed by atoms with E-state index in [1.54, 1.807) is 18.1 Å². The number of methoxy groups -OCH3 is 1. The molecule has 0 aliphatic rings. The molecule has 0 saturated heterocycles. The van der Waals surface area contributed by atoms with Crippen LogP contribution in [-0.4, -0.2) is 36.2 Å². The molecule has 21 heavy (non-hydrogen) atoms. The van der Waals surface area contributed by atoms with E-state index in [-0.39, 0.29) is 12.0 Å². The summed E-state index contributed by atoms with van der Waals surface area (Å²) in [5, 5.41) is 0. The van der Waals surface area contributed by atoms with Crippen LogP contribution in [0, 0.1) is 6.92 Å². The summed E-state index contributed by atoms with van der Waals surface area (Å²) >= 11 is 0. The number of nitrogens with two attached hydrogens (primary N) is 1. The second-order valence-corrected chi connectivity index (χ2v) is 4.54. The van der Waals surface area contributed by atoms with Gasteiger partial charge in [0.1, 0.15) is 0 Å². The molecule has 1 aromatic carbocycles. The van der Waals surface area contributed by atoms with Gasteiger partial charge in [-0.25, -0.2) is 5.84 Å². The van der Waals surface area contributed by atoms with Crippen LogP contribution < -0.4 is 25.6 Å². The summed E-state index contributed by atoms with van der Waals surface area (Å²) in [7, 11) is 5.20. The molecule has 112 valence electrons. The van der Waals surface area contributed by atoms with Crippen molar-refractivity contribution >= 4 is 11.9 Å². The fourth-order valence-electron chi connectivity index (χ4n) is 1.61. The Balaban J connectivity index is 2.37. The number of aryl methyl sites for hydroxylation is 1. The number of anilines is 2. The molecule has 0 bridgehead atoms. The summed E-state index contributed by atoms with van der Waals surface area (Å²) < 4.78 is 11.0. The minimum absolute atomic E-state index is 0.129. The van der Waals surface area contributed by atoms with E-state index in [4.69, 9.17) is 15.3 Å². The van der Waals surface area contributed by atoms with Crippen LogP contribution >= 0.6 is 0 Å². The number of nitrogens with one attached hydrogen (secondary N) is 1. The second kappa shape index (κ2) is 6.23. The van der Waals surface area contributed by atoms with E-state index >= 15 is 0 Å². The lowest BCUT2D eigenvalue weighted by Crippen LogP contribution is -2.17. The third-order valence-electron chi connectivity index (χ3n) is 2.65. The number of ether oxygens (including phenoxy) is 2. The maximum absolute atomic E-state index is 5.68. The molecule has 0 aliphatic carbocycles. The predicted octanol–water partition coefficient (Wildman–Crippen LogP) is 1.33. The molecule has 0 saturated carbocycles. The molecule has 2 rings (SSSR count). The number of hydrogen-bond donors (Lipinski definition) is 2. The fourth-order valence-corrected chi connectivity index (χ4v) is 1.61. The number of hydrazine groups is 1. The highest BCUT2D eigenvalue weighted by Crippen LogP contribution is 2.31. The molecule has 0 radical (unpaired) electrons. The Morgan fingerprint density at radius 1 is 1.14 bits per heavy atom. The van der Waals surface area contributed by atoms with Crippen LogP contribution in [0.4, 0.5) is 11.9 Å². The van der Waals surface area contributed by atoms with Crippen molar-refractivity contribution in [3.05, 3.63) is 23.8 Å². The summed E-state index contributed by atoms with van der Waals surface area (Å²) in [4.78, 5) is 14.1. The third-order valence-corrected chi connectivity index (χ3v) is 2.65. The number of aromatic nitrogens is 3. The quantitative estimate of drug-likeness (QED) is 0.628. The zero-order chi connectivity index (χ0) is 15.4. The van der Waals surface area contributed by atoms with Gasteiger partial charge in [0.25, 0.3) is 0 Å². The number of nitrogen functional groups attached to an aromatic ring is 1. The Morgan fingerprint density at radius 3 is 2.52 bits per heavy atom. The molecule has 0 unspecified atom stereocenters. The molecule has 0 fully saturated rings. The van der Waals surface area contributed by atoms with Gasteiger partial charge >= 0.3 is 6.01 Å². The van der Waals surface area contributed by atoms with Gasteiger partial charge in [-0.3, -0.25) is 5.43 Å². The van der Waals surface area contributed by atoms with Gasteiger partial charge in [0.15, 0.2) is 11.5 Å². The summed E-state index contributed by atoms with van der Waals surface area (Å²) in [5.74, 6) is 7.12. The van der Waals surface area contributed by atoms with Crippen LogP contribution in [0.5, 0.6) is 17.5 Å². The van der Waals surface area contributed by atoms with Crippen molar-refractivity contribution in [2.75, 3.05) is 31.5 Å². The molecule has 0 spiro atoms. The Labute approximate surface area is 122 Å². The molecule has 0 amide bonds. The average Bonchev–Trinajstić information content (AvgIpc) is 2.48. The molecule has 3 N–H and O–H groups in total. The third kappa shape index (κ3) is 3.48. The van der Waals surface area contributed by atoms with Gasteiger partial charge in [0.05, 0.1) is 7.11 Å². The minimum Gasteiger partial charge on any atom is -0.493 e. The molecular weight excluding hydrogens is 272 g/mol. The Kier molecular flexibility index (Phi) is 4.39. The Morgan fingerprint density at radius 2 is 1.90 bits per heavy atom. The zero-order valence-electron chi connectivity index (χ0n) is 12.4. The van der Waals surface area contributed by atoms with Gasteiger partial charge < -0.3 is 14.4 Å². The highest BCUT2D eigenvalue weighted by molar-refractivity contribution is 5.44. The van der Waals surface area contributed by atoms with E-state index in [1.165, 1.54) is 0 Å². The van der Waals surface area contributed by atoms with Crippen LogP contribution in [0.2, 0.25) is 0 Å². The Bertz CT molecular complexity index is 632. The lowest BCUT2D eigenvalue weighted by atomic mass is 10.2. The van der Waals surface area contributed by atoms with Gasteiger partial charge in [-0.05, 0) is 24.6 Å². The molecule has 1 heterocycles. The number of rotatable bonds is 5. The minimum atomic E-state index is 0.129. The summed E-state index contributed by atoms with van der Waals surface area (Å²) in [6, 6.07) is 5.70. The number of hydrogen-bond acceptors (Lipinski definition) is 8. The van der Waals surface area contributed by atoms with Crippen molar-refractivity contribution in [1.82, 2.24) is 15.0 Å². The van der Waals surface area contributed by atoms with Crippen LogP contribution in [0.3, 0.4) is 0 Å². The topological polar surface area (TPSA) is 98.4 Å². The van der Waals surface area contributed by atoms with Crippen molar-refractivity contribution in [2.45, 2.75) is 6.92 Å². The van der Waals surface area contributed by atoms with Crippen molar-refractivity contribution in [1.29, 1.82) is 0 Å². The van der Waals surface area contributed by atoms with Gasteiger partial charge in [-0.1, -0.05) is 6.07 Å². The van der Waals surface area contributed by atoms with Crippen LogP contribution in [0.15, 0.2) is 18.2 Å². The van der Waals surface area contributed by atoms with Crippen LogP contribution in [-0.2, 0) is 0 Å². The molecule has 8 heteroatoms. The molecular formula is C13H18N6O2. The lowest BCUT2D eigenvalue weighted by molar-refractivity contribution is 0.367. The van der Waals surface area contributed by atoms with Gasteiger partial charge in [0, 0.05) is 14.1 Å². The SMILES string of the molecule is COc1cc(C)ccc1Oc1nc(NN)nc(N(C)C)n1. The van der Waals surface area contributed by atoms with Crippen LogP contribution in [0.1, 0.15) is 5.56 Å². The van der Waals surface area contributed by atoms with Crippen molar-refractivity contribution < 1.29 is 9.47 Å². The van der Waals surface area contributed by atoms with E-state index in [1.807, 2.05) is 33.2 Å². The highest BCUT2D eigenvalue weighted by atomic mass is 16.5. The van der Waals surface area contributed by atoms with Gasteiger partial charge in [-0.2, -0.15) is 15.0 Å². The van der Waals surface area contributed by atoms with E-state index in [9.17, 15) is 0 Å². The van der Waals surface area contributed by atoms with E-state index in [0.717, 1.165) is 5.56 Å². The smallest absolute Gasteiger partial charge is 0.328 e. The standard InChI is InChI=1S/C13H18N6O2/c1-8-5-6-9(10(7-8)20-4)21-13-16-11(18-14)15-12(17-13)19(2)3/h5-7H,14H2,1-4H3,(H,15,16,17,18). The second-order valence-electron chi connectivity index (χ2n) is 4.54. The molecule has 0 aliphatic heterocycles. The normalized spacial score (nSPS) is 10.1. The first-order chi connectivity index (χ1) is 10.0. The first kappa shape index (κ1) is 14.8. The predicted molar refractivity (Wildman–Crippen MR) is 79.8 cm³/mol. The summed E-state index contributed by atoms with van der Waals surface area (Å²) in [6.07, 6.45) is 0. The number of nitrogens with zero attached hydrogens (tertiary/aromatic N) is 4. The summed E-state index contributed by atoms with van der Waals surface area (Å²) in [5.41, 5.74) is 3.45. The summed E-state index contributed by atoms with van der Waals surface area (Å²) in [6.45, 7) is 1.97. The Hall–Kier alpha value is -2.61. The molecule has 1 aromatic heterocycles. The average molecular weight is 290 g/mol. The fraction of sp³-hybridized carbons (Fsp3) is 0.308.